The first-order chi connectivity index (χ1) is 14.2. The number of nitrogens with one attached hydrogen (secondary N) is 2. The summed E-state index contributed by atoms with van der Waals surface area (Å²) in [7, 11) is 0. The van der Waals surface area contributed by atoms with Gasteiger partial charge in [0.2, 0.25) is 0 Å². The maximum absolute atomic E-state index is 12.6. The van der Waals surface area contributed by atoms with Crippen LogP contribution >= 0.6 is 12.2 Å². The quantitative estimate of drug-likeness (QED) is 0.632. The summed E-state index contributed by atoms with van der Waals surface area (Å²) < 4.78 is 17.1. The second-order valence-electron chi connectivity index (χ2n) is 6.70. The van der Waals surface area contributed by atoms with Crippen LogP contribution in [0.1, 0.15) is 36.5 Å². The average Bonchev–Trinajstić information content (AvgIpc) is 3.25. The minimum Gasteiger partial charge on any atom is -0.493 e. The number of benzene rings is 2. The monoisotopic (exact) mass is 414 g/mol. The van der Waals surface area contributed by atoms with Crippen molar-refractivity contribution in [3.63, 3.8) is 0 Å². The number of amides is 1. The van der Waals surface area contributed by atoms with Gasteiger partial charge in [-0.15, -0.1) is 0 Å². The van der Waals surface area contributed by atoms with Crippen LogP contribution in [0.25, 0.3) is 0 Å². The standard InChI is InChI=1S/C22H26N2O4S/c1-2-13-27-19-11-5-3-9-17(19)21(25)24-22(29)23-18-10-4-6-12-20(18)28-15-16-8-7-14-26-16/h3-6,9-12,16H,2,7-8,13-15H2,1H3,(H2,23,24,25,29). The Hall–Kier alpha value is -2.64. The lowest BCUT2D eigenvalue weighted by atomic mass is 10.2. The molecule has 1 saturated heterocycles. The third kappa shape index (κ3) is 6.17. The summed E-state index contributed by atoms with van der Waals surface area (Å²) in [4.78, 5) is 12.6. The van der Waals surface area contributed by atoms with E-state index in [9.17, 15) is 4.79 Å². The second kappa shape index (κ2) is 10.8. The lowest BCUT2D eigenvalue weighted by Gasteiger charge is -2.16. The first-order valence-electron chi connectivity index (χ1n) is 9.85. The third-order valence-corrected chi connectivity index (χ3v) is 4.61. The molecule has 1 aliphatic heterocycles. The normalized spacial score (nSPS) is 15.6. The van der Waals surface area contributed by atoms with Crippen LogP contribution in [0.15, 0.2) is 48.5 Å². The number of thiocarbonyl (C=S) groups is 1. The predicted octanol–water partition coefficient (Wildman–Crippen LogP) is 4.16. The summed E-state index contributed by atoms with van der Waals surface area (Å²) in [6, 6.07) is 14.6. The Labute approximate surface area is 176 Å². The highest BCUT2D eigenvalue weighted by Crippen LogP contribution is 2.25. The maximum atomic E-state index is 12.6. The van der Waals surface area contributed by atoms with E-state index in [1.807, 2.05) is 37.3 Å². The van der Waals surface area contributed by atoms with E-state index >= 15 is 0 Å². The molecule has 0 bridgehead atoms. The summed E-state index contributed by atoms with van der Waals surface area (Å²) in [5.74, 6) is 0.869. The number of carbonyl (C=O) groups excluding carboxylic acids is 1. The van der Waals surface area contributed by atoms with Crippen LogP contribution < -0.4 is 20.1 Å². The molecular weight excluding hydrogens is 388 g/mol. The second-order valence-corrected chi connectivity index (χ2v) is 7.10. The van der Waals surface area contributed by atoms with E-state index in [0.29, 0.717) is 36.0 Å². The molecule has 0 radical (unpaired) electrons. The molecule has 154 valence electrons. The van der Waals surface area contributed by atoms with Crippen molar-refractivity contribution >= 4 is 28.9 Å². The molecule has 1 unspecified atom stereocenters. The van der Waals surface area contributed by atoms with Crippen LogP contribution in [0.4, 0.5) is 5.69 Å². The molecule has 1 atom stereocenters. The van der Waals surface area contributed by atoms with Crippen LogP contribution in [0.2, 0.25) is 0 Å². The Kier molecular flexibility index (Phi) is 7.84. The molecule has 1 aliphatic rings. The van der Waals surface area contributed by atoms with Gasteiger partial charge in [-0.1, -0.05) is 31.2 Å². The molecule has 0 spiro atoms. The molecule has 7 heteroatoms. The van der Waals surface area contributed by atoms with Crippen molar-refractivity contribution in [2.75, 3.05) is 25.1 Å². The predicted molar refractivity (Wildman–Crippen MR) is 117 cm³/mol. The van der Waals surface area contributed by atoms with Gasteiger partial charge in [-0.2, -0.15) is 0 Å². The zero-order valence-corrected chi connectivity index (χ0v) is 17.3. The summed E-state index contributed by atoms with van der Waals surface area (Å²) >= 11 is 5.33. The van der Waals surface area contributed by atoms with Gasteiger partial charge in [0.05, 0.1) is 24.0 Å². The SMILES string of the molecule is CCCOc1ccccc1C(=O)NC(=S)Nc1ccccc1OCC1CCCO1. The molecule has 1 heterocycles. The van der Waals surface area contributed by atoms with E-state index in [1.165, 1.54) is 0 Å². The van der Waals surface area contributed by atoms with Crippen molar-refractivity contribution in [1.82, 2.24) is 5.32 Å². The zero-order valence-electron chi connectivity index (χ0n) is 16.5. The molecule has 3 rings (SSSR count). The van der Waals surface area contributed by atoms with Gasteiger partial charge in [0.1, 0.15) is 18.1 Å². The van der Waals surface area contributed by atoms with E-state index in [2.05, 4.69) is 10.6 Å². The van der Waals surface area contributed by atoms with Crippen LogP contribution in [0, 0.1) is 0 Å². The fourth-order valence-corrected chi connectivity index (χ4v) is 3.17. The Morgan fingerprint density at radius 2 is 1.90 bits per heavy atom. The Balaban J connectivity index is 1.60. The van der Waals surface area contributed by atoms with Gasteiger partial charge in [-0.05, 0) is 55.7 Å². The molecule has 1 fully saturated rings. The minimum atomic E-state index is -0.327. The molecule has 6 nitrogen and oxygen atoms in total. The number of ether oxygens (including phenoxy) is 3. The van der Waals surface area contributed by atoms with E-state index in [-0.39, 0.29) is 17.1 Å². The van der Waals surface area contributed by atoms with Crippen molar-refractivity contribution in [2.24, 2.45) is 0 Å². The highest BCUT2D eigenvalue weighted by molar-refractivity contribution is 7.80. The van der Waals surface area contributed by atoms with Gasteiger partial charge in [0, 0.05) is 6.61 Å². The van der Waals surface area contributed by atoms with E-state index in [4.69, 9.17) is 26.4 Å². The molecule has 2 N–H and O–H groups in total. The Morgan fingerprint density at radius 1 is 1.14 bits per heavy atom. The summed E-state index contributed by atoms with van der Waals surface area (Å²) in [5.41, 5.74) is 1.12. The fourth-order valence-electron chi connectivity index (χ4n) is 2.97. The topological polar surface area (TPSA) is 68.8 Å². The number of para-hydroxylation sites is 3. The first-order valence-corrected chi connectivity index (χ1v) is 10.3. The van der Waals surface area contributed by atoms with Gasteiger partial charge < -0.3 is 19.5 Å². The van der Waals surface area contributed by atoms with Gasteiger partial charge in [0.25, 0.3) is 5.91 Å². The summed E-state index contributed by atoms with van der Waals surface area (Å²) in [6.07, 6.45) is 3.05. The lowest BCUT2D eigenvalue weighted by Crippen LogP contribution is -2.34. The number of hydrogen-bond acceptors (Lipinski definition) is 5. The van der Waals surface area contributed by atoms with Crippen molar-refractivity contribution in [1.29, 1.82) is 0 Å². The van der Waals surface area contributed by atoms with E-state index in [0.717, 1.165) is 25.9 Å². The molecule has 1 amide bonds. The van der Waals surface area contributed by atoms with Crippen LogP contribution in [-0.4, -0.2) is 36.9 Å². The van der Waals surface area contributed by atoms with Gasteiger partial charge >= 0.3 is 0 Å². The third-order valence-electron chi connectivity index (χ3n) is 4.40. The van der Waals surface area contributed by atoms with E-state index < -0.39 is 0 Å². The summed E-state index contributed by atoms with van der Waals surface area (Å²) in [5, 5.41) is 5.94. The van der Waals surface area contributed by atoms with Crippen molar-refractivity contribution in [3.8, 4) is 11.5 Å². The minimum absolute atomic E-state index is 0.120. The van der Waals surface area contributed by atoms with Crippen LogP contribution in [0.5, 0.6) is 11.5 Å². The molecule has 2 aromatic carbocycles. The van der Waals surface area contributed by atoms with Crippen molar-refractivity contribution in [2.45, 2.75) is 32.3 Å². The smallest absolute Gasteiger partial charge is 0.261 e. The largest absolute Gasteiger partial charge is 0.493 e. The van der Waals surface area contributed by atoms with Gasteiger partial charge in [-0.25, -0.2) is 0 Å². The number of anilines is 1. The van der Waals surface area contributed by atoms with Gasteiger partial charge in [0.15, 0.2) is 5.11 Å². The average molecular weight is 415 g/mol. The van der Waals surface area contributed by atoms with Crippen LogP contribution in [-0.2, 0) is 4.74 Å². The number of hydrogen-bond donors (Lipinski definition) is 2. The van der Waals surface area contributed by atoms with E-state index in [1.54, 1.807) is 18.2 Å². The molecule has 0 aromatic heterocycles. The lowest BCUT2D eigenvalue weighted by molar-refractivity contribution is 0.0682. The highest BCUT2D eigenvalue weighted by atomic mass is 32.1. The van der Waals surface area contributed by atoms with Crippen molar-refractivity contribution in [3.05, 3.63) is 54.1 Å². The Morgan fingerprint density at radius 3 is 2.66 bits per heavy atom. The zero-order chi connectivity index (χ0) is 20.5. The molecule has 0 aliphatic carbocycles. The molecule has 29 heavy (non-hydrogen) atoms. The Bertz CT molecular complexity index is 837. The van der Waals surface area contributed by atoms with Crippen molar-refractivity contribution < 1.29 is 19.0 Å². The fraction of sp³-hybridized carbons (Fsp3) is 0.364. The number of carbonyl (C=O) groups is 1. The molecular formula is C22H26N2O4S. The van der Waals surface area contributed by atoms with Gasteiger partial charge in [-0.3, -0.25) is 10.1 Å². The molecule has 0 saturated carbocycles. The summed E-state index contributed by atoms with van der Waals surface area (Å²) in [6.45, 7) is 3.83. The number of rotatable bonds is 8. The maximum Gasteiger partial charge on any atom is 0.261 e. The highest BCUT2D eigenvalue weighted by Gasteiger charge is 2.17. The van der Waals surface area contributed by atoms with Crippen LogP contribution in [0.3, 0.4) is 0 Å². The first kappa shape index (κ1) is 21.1. The molecule has 2 aromatic rings.